The van der Waals surface area contributed by atoms with Gasteiger partial charge in [-0.05, 0) is 36.2 Å². The fraction of sp³-hybridized carbons (Fsp3) is 0.167. The van der Waals surface area contributed by atoms with Gasteiger partial charge in [0.2, 0.25) is 0 Å². The molecule has 1 amide bonds. The molecule has 1 aromatic carbocycles. The minimum atomic E-state index is -0.616. The molecule has 7 heteroatoms. The second-order valence-corrected chi connectivity index (χ2v) is 4.42. The largest absolute Gasteiger partial charge is 0.321 e. The zero-order chi connectivity index (χ0) is 13.8. The predicted molar refractivity (Wildman–Crippen MR) is 68.4 cm³/mol. The number of amides is 1. The first kappa shape index (κ1) is 13.1. The van der Waals surface area contributed by atoms with Crippen molar-refractivity contribution >= 4 is 23.1 Å². The maximum Gasteiger partial charge on any atom is 0.269 e. The number of rotatable bonds is 3. The molecule has 0 radical (unpaired) electrons. The van der Waals surface area contributed by atoms with Crippen molar-refractivity contribution in [2.45, 2.75) is 13.3 Å². The van der Waals surface area contributed by atoms with Crippen molar-refractivity contribution in [1.29, 1.82) is 5.26 Å². The van der Waals surface area contributed by atoms with Crippen molar-refractivity contribution in [2.75, 3.05) is 5.32 Å². The highest BCUT2D eigenvalue weighted by Gasteiger charge is 2.15. The number of halogens is 1. The molecule has 1 aromatic heterocycles. The Morgan fingerprint density at radius 1 is 1.58 bits per heavy atom. The number of hydrogen-bond acceptors (Lipinski definition) is 5. The van der Waals surface area contributed by atoms with Crippen LogP contribution in [0, 0.1) is 17.1 Å². The number of carbonyl (C=O) groups is 1. The predicted octanol–water partition coefficient (Wildman–Crippen LogP) is 2.36. The summed E-state index contributed by atoms with van der Waals surface area (Å²) in [6.07, 6.45) is 0.603. The van der Waals surface area contributed by atoms with Crippen LogP contribution >= 0.6 is 11.5 Å². The second kappa shape index (κ2) is 5.54. The Morgan fingerprint density at radius 3 is 3.05 bits per heavy atom. The minimum Gasteiger partial charge on any atom is -0.321 e. The van der Waals surface area contributed by atoms with Crippen LogP contribution < -0.4 is 5.32 Å². The standard InChI is InChI=1S/C12H9FN4OS/c1-2-10-11(19-17-16-10)12(18)15-8-3-4-9(13)7(5-8)6-14/h3-5H,2H2,1H3,(H,15,18). The van der Waals surface area contributed by atoms with Gasteiger partial charge >= 0.3 is 0 Å². The number of anilines is 1. The van der Waals surface area contributed by atoms with Gasteiger partial charge in [0.25, 0.3) is 5.91 Å². The van der Waals surface area contributed by atoms with Gasteiger partial charge in [0.1, 0.15) is 16.8 Å². The second-order valence-electron chi connectivity index (χ2n) is 3.66. The molecule has 1 heterocycles. The molecule has 19 heavy (non-hydrogen) atoms. The summed E-state index contributed by atoms with van der Waals surface area (Å²) in [6, 6.07) is 5.54. The van der Waals surface area contributed by atoms with Gasteiger partial charge in [-0.1, -0.05) is 11.4 Å². The Hall–Kier alpha value is -2.33. The Balaban J connectivity index is 2.22. The van der Waals surface area contributed by atoms with Gasteiger partial charge in [0.05, 0.1) is 11.3 Å². The monoisotopic (exact) mass is 276 g/mol. The molecule has 2 rings (SSSR count). The third-order valence-electron chi connectivity index (χ3n) is 2.44. The van der Waals surface area contributed by atoms with Crippen LogP contribution in [0.3, 0.4) is 0 Å². The summed E-state index contributed by atoms with van der Waals surface area (Å²) in [4.78, 5) is 12.4. The van der Waals surface area contributed by atoms with Gasteiger partial charge in [-0.2, -0.15) is 5.26 Å². The van der Waals surface area contributed by atoms with E-state index in [0.29, 0.717) is 22.7 Å². The van der Waals surface area contributed by atoms with E-state index in [0.717, 1.165) is 17.6 Å². The van der Waals surface area contributed by atoms with E-state index in [1.54, 1.807) is 6.07 Å². The van der Waals surface area contributed by atoms with E-state index in [9.17, 15) is 9.18 Å². The van der Waals surface area contributed by atoms with Crippen LogP contribution in [0.5, 0.6) is 0 Å². The Bertz CT molecular complexity index is 662. The van der Waals surface area contributed by atoms with E-state index in [2.05, 4.69) is 14.9 Å². The van der Waals surface area contributed by atoms with Crippen LogP contribution in [0.1, 0.15) is 27.9 Å². The molecule has 5 nitrogen and oxygen atoms in total. The maximum absolute atomic E-state index is 13.1. The van der Waals surface area contributed by atoms with E-state index in [4.69, 9.17) is 5.26 Å². The summed E-state index contributed by atoms with van der Waals surface area (Å²) in [5, 5.41) is 15.2. The molecule has 0 aliphatic carbocycles. The number of nitrogens with one attached hydrogen (secondary N) is 1. The van der Waals surface area contributed by atoms with Crippen molar-refractivity contribution in [3.8, 4) is 6.07 Å². The smallest absolute Gasteiger partial charge is 0.269 e. The molecule has 0 bridgehead atoms. The molecule has 0 aliphatic rings. The summed E-state index contributed by atoms with van der Waals surface area (Å²) in [6.45, 7) is 1.87. The van der Waals surface area contributed by atoms with Gasteiger partial charge in [-0.25, -0.2) is 4.39 Å². The van der Waals surface area contributed by atoms with Crippen LogP contribution in [0.4, 0.5) is 10.1 Å². The van der Waals surface area contributed by atoms with E-state index >= 15 is 0 Å². The van der Waals surface area contributed by atoms with E-state index in [1.807, 2.05) is 6.92 Å². The quantitative estimate of drug-likeness (QED) is 0.933. The third-order valence-corrected chi connectivity index (χ3v) is 3.21. The SMILES string of the molecule is CCc1nnsc1C(=O)Nc1ccc(F)c(C#N)c1. The number of hydrogen-bond donors (Lipinski definition) is 1. The van der Waals surface area contributed by atoms with Crippen molar-refractivity contribution in [1.82, 2.24) is 9.59 Å². The van der Waals surface area contributed by atoms with Crippen LogP contribution in [0.25, 0.3) is 0 Å². The normalized spacial score (nSPS) is 9.95. The molecule has 0 spiro atoms. The zero-order valence-corrected chi connectivity index (χ0v) is 10.8. The lowest BCUT2D eigenvalue weighted by molar-refractivity contribution is 0.102. The van der Waals surface area contributed by atoms with Crippen LogP contribution in [-0.4, -0.2) is 15.5 Å². The Labute approximate surface area is 112 Å². The lowest BCUT2D eigenvalue weighted by Gasteiger charge is -2.04. The number of benzene rings is 1. The van der Waals surface area contributed by atoms with Crippen molar-refractivity contribution in [3.05, 3.63) is 40.2 Å². The molecule has 2 aromatic rings. The highest BCUT2D eigenvalue weighted by atomic mass is 32.1. The van der Waals surface area contributed by atoms with Gasteiger partial charge in [-0.3, -0.25) is 4.79 Å². The van der Waals surface area contributed by atoms with Crippen molar-refractivity contribution in [3.63, 3.8) is 0 Å². The topological polar surface area (TPSA) is 78.7 Å². The molecule has 96 valence electrons. The van der Waals surface area contributed by atoms with Gasteiger partial charge in [0.15, 0.2) is 0 Å². The van der Waals surface area contributed by atoms with Crippen molar-refractivity contribution in [2.24, 2.45) is 0 Å². The van der Waals surface area contributed by atoms with Gasteiger partial charge in [-0.15, -0.1) is 5.10 Å². The molecular formula is C12H9FN4OS. The highest BCUT2D eigenvalue weighted by molar-refractivity contribution is 7.08. The number of carbonyl (C=O) groups excluding carboxylic acids is 1. The number of aromatic nitrogens is 2. The molecule has 0 saturated heterocycles. The lowest BCUT2D eigenvalue weighted by Crippen LogP contribution is -2.12. The van der Waals surface area contributed by atoms with Crippen LogP contribution in [0.2, 0.25) is 0 Å². The maximum atomic E-state index is 13.1. The van der Waals surface area contributed by atoms with Gasteiger partial charge < -0.3 is 5.32 Å². The lowest BCUT2D eigenvalue weighted by atomic mass is 10.2. The zero-order valence-electron chi connectivity index (χ0n) is 9.98. The third kappa shape index (κ3) is 2.74. The minimum absolute atomic E-state index is 0.115. The van der Waals surface area contributed by atoms with Crippen LogP contribution in [0.15, 0.2) is 18.2 Å². The molecule has 0 unspecified atom stereocenters. The first-order valence-electron chi connectivity index (χ1n) is 5.48. The number of aryl methyl sites for hydroxylation is 1. The first-order chi connectivity index (χ1) is 9.15. The highest BCUT2D eigenvalue weighted by Crippen LogP contribution is 2.17. The summed E-state index contributed by atoms with van der Waals surface area (Å²) in [5.74, 6) is -0.975. The van der Waals surface area contributed by atoms with E-state index in [1.165, 1.54) is 12.1 Å². The summed E-state index contributed by atoms with van der Waals surface area (Å²) < 4.78 is 16.9. The molecule has 0 aliphatic heterocycles. The number of nitrogens with zero attached hydrogens (tertiary/aromatic N) is 3. The van der Waals surface area contributed by atoms with E-state index in [-0.39, 0.29) is 11.5 Å². The molecule has 0 saturated carbocycles. The van der Waals surface area contributed by atoms with Crippen LogP contribution in [-0.2, 0) is 6.42 Å². The molecule has 0 fully saturated rings. The number of nitriles is 1. The fourth-order valence-corrected chi connectivity index (χ4v) is 2.13. The molecular weight excluding hydrogens is 267 g/mol. The summed E-state index contributed by atoms with van der Waals surface area (Å²) in [7, 11) is 0. The Morgan fingerprint density at radius 2 is 2.37 bits per heavy atom. The summed E-state index contributed by atoms with van der Waals surface area (Å²) in [5.41, 5.74) is 0.861. The van der Waals surface area contributed by atoms with Crippen molar-refractivity contribution < 1.29 is 9.18 Å². The average Bonchev–Trinajstić information content (AvgIpc) is 2.89. The van der Waals surface area contributed by atoms with E-state index < -0.39 is 5.82 Å². The fourth-order valence-electron chi connectivity index (χ4n) is 1.49. The van der Waals surface area contributed by atoms with Gasteiger partial charge in [0, 0.05) is 5.69 Å². The molecule has 1 N–H and O–H groups in total. The summed E-state index contributed by atoms with van der Waals surface area (Å²) >= 11 is 1.00. The first-order valence-corrected chi connectivity index (χ1v) is 6.25. The average molecular weight is 276 g/mol. The molecule has 0 atom stereocenters. The Kier molecular flexibility index (Phi) is 3.82.